The van der Waals surface area contributed by atoms with Gasteiger partial charge < -0.3 is 10.6 Å². The highest BCUT2D eigenvalue weighted by Gasteiger charge is 2.11. The number of aliphatic imine (C=N–C) groups is 1. The summed E-state index contributed by atoms with van der Waals surface area (Å²) in [6, 6.07) is 14.2. The first-order valence-electron chi connectivity index (χ1n) is 7.45. The maximum absolute atomic E-state index is 13.8. The van der Waals surface area contributed by atoms with Crippen LogP contribution in [0, 0.1) is 17.1 Å². The minimum atomic E-state index is -0.351. The Kier molecular flexibility index (Phi) is 6.33. The minimum Gasteiger partial charge on any atom is -0.352 e. The predicted molar refractivity (Wildman–Crippen MR) is 97.0 cm³/mol. The van der Waals surface area contributed by atoms with Crippen LogP contribution in [0.1, 0.15) is 29.7 Å². The molecular formula is C18H18BrFN4. The van der Waals surface area contributed by atoms with Crippen LogP contribution in [0.5, 0.6) is 0 Å². The van der Waals surface area contributed by atoms with Gasteiger partial charge in [-0.3, -0.25) is 4.99 Å². The number of guanidine groups is 1. The Hall–Kier alpha value is -2.39. The van der Waals surface area contributed by atoms with Crippen molar-refractivity contribution in [2.24, 2.45) is 4.99 Å². The summed E-state index contributed by atoms with van der Waals surface area (Å²) < 4.78 is 14.8. The normalized spacial score (nSPS) is 12.4. The SMILES string of the molecule is CN=C(NCc1cc(C#N)ccc1F)NC(C)c1ccccc1Br. The van der Waals surface area contributed by atoms with E-state index in [-0.39, 0.29) is 18.4 Å². The van der Waals surface area contributed by atoms with E-state index in [0.717, 1.165) is 10.0 Å². The van der Waals surface area contributed by atoms with E-state index in [1.807, 2.05) is 37.3 Å². The molecule has 0 aromatic heterocycles. The van der Waals surface area contributed by atoms with Gasteiger partial charge in [-0.25, -0.2) is 4.39 Å². The number of benzene rings is 2. The number of rotatable bonds is 4. The highest BCUT2D eigenvalue weighted by molar-refractivity contribution is 9.10. The Bertz CT molecular complexity index is 783. The summed E-state index contributed by atoms with van der Waals surface area (Å²) in [7, 11) is 1.66. The second kappa shape index (κ2) is 8.46. The van der Waals surface area contributed by atoms with Crippen molar-refractivity contribution in [3.63, 3.8) is 0 Å². The zero-order chi connectivity index (χ0) is 17.5. The summed E-state index contributed by atoms with van der Waals surface area (Å²) in [6.45, 7) is 2.26. The van der Waals surface area contributed by atoms with Gasteiger partial charge in [0, 0.05) is 23.6 Å². The molecule has 0 bridgehead atoms. The molecule has 2 N–H and O–H groups in total. The molecule has 0 aliphatic carbocycles. The lowest BCUT2D eigenvalue weighted by Crippen LogP contribution is -2.38. The number of nitrogens with zero attached hydrogens (tertiary/aromatic N) is 2. The molecule has 24 heavy (non-hydrogen) atoms. The Morgan fingerprint density at radius 1 is 1.33 bits per heavy atom. The molecule has 4 nitrogen and oxygen atoms in total. The van der Waals surface area contributed by atoms with Crippen molar-refractivity contribution >= 4 is 21.9 Å². The molecule has 0 amide bonds. The molecule has 2 aromatic rings. The first kappa shape index (κ1) is 18.0. The number of halogens is 2. The van der Waals surface area contributed by atoms with Gasteiger partial charge in [-0.15, -0.1) is 0 Å². The summed E-state index contributed by atoms with van der Waals surface area (Å²) in [4.78, 5) is 4.16. The van der Waals surface area contributed by atoms with E-state index in [9.17, 15) is 4.39 Å². The van der Waals surface area contributed by atoms with Crippen molar-refractivity contribution in [2.75, 3.05) is 7.05 Å². The van der Waals surface area contributed by atoms with Crippen LogP contribution in [0.3, 0.4) is 0 Å². The van der Waals surface area contributed by atoms with Gasteiger partial charge in [0.1, 0.15) is 5.82 Å². The molecule has 0 radical (unpaired) electrons. The molecule has 0 aliphatic heterocycles. The van der Waals surface area contributed by atoms with E-state index < -0.39 is 0 Å². The maximum atomic E-state index is 13.8. The monoisotopic (exact) mass is 388 g/mol. The third-order valence-corrected chi connectivity index (χ3v) is 4.29. The Morgan fingerprint density at radius 3 is 2.75 bits per heavy atom. The second-order valence-corrected chi connectivity index (χ2v) is 6.09. The van der Waals surface area contributed by atoms with Crippen LogP contribution in [0.25, 0.3) is 0 Å². The van der Waals surface area contributed by atoms with Gasteiger partial charge >= 0.3 is 0 Å². The smallest absolute Gasteiger partial charge is 0.191 e. The van der Waals surface area contributed by atoms with E-state index in [4.69, 9.17) is 5.26 Å². The van der Waals surface area contributed by atoms with Gasteiger partial charge in [0.05, 0.1) is 17.7 Å². The fourth-order valence-electron chi connectivity index (χ4n) is 2.26. The Labute approximate surface area is 149 Å². The third kappa shape index (κ3) is 4.56. The van der Waals surface area contributed by atoms with Gasteiger partial charge in [-0.2, -0.15) is 5.26 Å². The van der Waals surface area contributed by atoms with Crippen molar-refractivity contribution in [3.8, 4) is 6.07 Å². The van der Waals surface area contributed by atoms with Crippen molar-refractivity contribution in [1.29, 1.82) is 5.26 Å². The van der Waals surface area contributed by atoms with Crippen molar-refractivity contribution < 1.29 is 4.39 Å². The molecule has 124 valence electrons. The Morgan fingerprint density at radius 2 is 2.08 bits per heavy atom. The van der Waals surface area contributed by atoms with Crippen LogP contribution in [-0.2, 0) is 6.54 Å². The topological polar surface area (TPSA) is 60.2 Å². The van der Waals surface area contributed by atoms with Gasteiger partial charge in [0.25, 0.3) is 0 Å². The highest BCUT2D eigenvalue weighted by Crippen LogP contribution is 2.22. The highest BCUT2D eigenvalue weighted by atomic mass is 79.9. The fraction of sp³-hybridized carbons (Fsp3) is 0.222. The molecule has 0 aliphatic rings. The molecule has 2 aromatic carbocycles. The van der Waals surface area contributed by atoms with Gasteiger partial charge in [0.2, 0.25) is 0 Å². The van der Waals surface area contributed by atoms with Gasteiger partial charge in [0.15, 0.2) is 5.96 Å². The van der Waals surface area contributed by atoms with Crippen molar-refractivity contribution in [2.45, 2.75) is 19.5 Å². The van der Waals surface area contributed by atoms with Crippen LogP contribution in [0.4, 0.5) is 4.39 Å². The lowest BCUT2D eigenvalue weighted by atomic mass is 10.1. The second-order valence-electron chi connectivity index (χ2n) is 5.23. The van der Waals surface area contributed by atoms with Crippen LogP contribution in [-0.4, -0.2) is 13.0 Å². The van der Waals surface area contributed by atoms with Crippen LogP contribution in [0.2, 0.25) is 0 Å². The molecule has 0 saturated heterocycles. The predicted octanol–water partition coefficient (Wildman–Crippen LogP) is 3.89. The largest absolute Gasteiger partial charge is 0.352 e. The first-order chi connectivity index (χ1) is 11.5. The van der Waals surface area contributed by atoms with Crippen molar-refractivity contribution in [3.05, 3.63) is 69.4 Å². The first-order valence-corrected chi connectivity index (χ1v) is 8.24. The standard InChI is InChI=1S/C18H18BrFN4/c1-12(15-5-3-4-6-16(15)19)24-18(22-2)23-11-14-9-13(10-21)7-8-17(14)20/h3-9,12H,11H2,1-2H3,(H2,22,23,24). The molecule has 0 fully saturated rings. The number of hydrogen-bond donors (Lipinski definition) is 2. The zero-order valence-electron chi connectivity index (χ0n) is 13.5. The third-order valence-electron chi connectivity index (χ3n) is 3.57. The van der Waals surface area contributed by atoms with E-state index in [1.54, 1.807) is 7.05 Å². The summed E-state index contributed by atoms with van der Waals surface area (Å²) in [5, 5.41) is 15.2. The molecule has 2 rings (SSSR count). The van der Waals surface area contributed by atoms with Crippen LogP contribution >= 0.6 is 15.9 Å². The molecule has 0 saturated carbocycles. The molecule has 1 atom stereocenters. The molecule has 6 heteroatoms. The van der Waals surface area contributed by atoms with Crippen LogP contribution < -0.4 is 10.6 Å². The average molecular weight is 389 g/mol. The Balaban J connectivity index is 2.03. The summed E-state index contributed by atoms with van der Waals surface area (Å²) in [5.74, 6) is 0.204. The molecule has 1 unspecified atom stereocenters. The lowest BCUT2D eigenvalue weighted by molar-refractivity contribution is 0.602. The average Bonchev–Trinajstić information content (AvgIpc) is 2.60. The summed E-state index contributed by atoms with van der Waals surface area (Å²) in [5.41, 5.74) is 1.95. The number of hydrogen-bond acceptors (Lipinski definition) is 2. The molecular weight excluding hydrogens is 371 g/mol. The summed E-state index contributed by atoms with van der Waals surface area (Å²) in [6.07, 6.45) is 0. The lowest BCUT2D eigenvalue weighted by Gasteiger charge is -2.19. The fourth-order valence-corrected chi connectivity index (χ4v) is 2.89. The van der Waals surface area contributed by atoms with E-state index in [2.05, 4.69) is 31.6 Å². The molecule has 0 spiro atoms. The van der Waals surface area contributed by atoms with Gasteiger partial charge in [-0.1, -0.05) is 34.1 Å². The van der Waals surface area contributed by atoms with Crippen LogP contribution in [0.15, 0.2) is 51.9 Å². The van der Waals surface area contributed by atoms with E-state index in [1.165, 1.54) is 18.2 Å². The molecule has 0 heterocycles. The minimum absolute atomic E-state index is 0.0158. The van der Waals surface area contributed by atoms with E-state index in [0.29, 0.717) is 17.1 Å². The zero-order valence-corrected chi connectivity index (χ0v) is 15.1. The van der Waals surface area contributed by atoms with E-state index >= 15 is 0 Å². The summed E-state index contributed by atoms with van der Waals surface area (Å²) >= 11 is 3.53. The quantitative estimate of drug-likeness (QED) is 0.616. The number of nitriles is 1. The number of nitrogens with one attached hydrogen (secondary N) is 2. The van der Waals surface area contributed by atoms with Gasteiger partial charge in [-0.05, 0) is 36.8 Å². The maximum Gasteiger partial charge on any atom is 0.191 e. The van der Waals surface area contributed by atoms with Crippen molar-refractivity contribution in [1.82, 2.24) is 10.6 Å².